The second kappa shape index (κ2) is 6.31. The molecule has 0 saturated carbocycles. The van der Waals surface area contributed by atoms with Gasteiger partial charge in [0.1, 0.15) is 11.5 Å². The number of carbonyl (C=O) groups is 1. The summed E-state index contributed by atoms with van der Waals surface area (Å²) < 4.78 is 10.4. The topological polar surface area (TPSA) is 38.8 Å². The molecule has 0 N–H and O–H groups in total. The van der Waals surface area contributed by atoms with Crippen molar-refractivity contribution in [3.63, 3.8) is 0 Å². The number of ketones is 1. The molecule has 0 fully saturated rings. The van der Waals surface area contributed by atoms with Gasteiger partial charge in [-0.2, -0.15) is 0 Å². The first-order valence-electron chi connectivity index (χ1n) is 6.60. The first-order valence-corrected chi connectivity index (χ1v) is 6.60. The lowest BCUT2D eigenvalue weighted by molar-refractivity contribution is 0.103. The summed E-state index contributed by atoms with van der Waals surface area (Å²) in [7, 11) is 7.02. The fraction of sp³-hybridized carbons (Fsp3) is 0.235. The van der Waals surface area contributed by atoms with Gasteiger partial charge in [-0.1, -0.05) is 12.1 Å². The van der Waals surface area contributed by atoms with E-state index in [0.717, 1.165) is 5.69 Å². The highest BCUT2D eigenvalue weighted by atomic mass is 16.5. The Morgan fingerprint density at radius 1 is 0.905 bits per heavy atom. The first kappa shape index (κ1) is 14.9. The second-order valence-electron chi connectivity index (χ2n) is 4.88. The molecule has 0 saturated heterocycles. The van der Waals surface area contributed by atoms with E-state index in [1.54, 1.807) is 38.5 Å². The summed E-state index contributed by atoms with van der Waals surface area (Å²) >= 11 is 0. The van der Waals surface area contributed by atoms with Gasteiger partial charge in [0.25, 0.3) is 0 Å². The number of nitrogens with zero attached hydrogens (tertiary/aromatic N) is 1. The van der Waals surface area contributed by atoms with E-state index in [0.29, 0.717) is 22.6 Å². The standard InChI is InChI=1S/C17H19NO3/c1-18(2)14-7-5-6-12(8-14)17(19)13-9-15(20-3)11-16(10-13)21-4/h5-11H,1-4H3. The van der Waals surface area contributed by atoms with Crippen LogP contribution in [0.3, 0.4) is 0 Å². The third-order valence-electron chi connectivity index (χ3n) is 3.24. The van der Waals surface area contributed by atoms with Crippen LogP contribution in [0.15, 0.2) is 42.5 Å². The Bertz CT molecular complexity index is 628. The van der Waals surface area contributed by atoms with E-state index >= 15 is 0 Å². The average molecular weight is 285 g/mol. The molecule has 110 valence electrons. The minimum Gasteiger partial charge on any atom is -0.497 e. The SMILES string of the molecule is COc1cc(OC)cc(C(=O)c2cccc(N(C)C)c2)c1. The van der Waals surface area contributed by atoms with Gasteiger partial charge in [-0.25, -0.2) is 0 Å². The molecule has 2 aromatic rings. The Balaban J connectivity index is 2.42. The van der Waals surface area contributed by atoms with Crippen LogP contribution >= 0.6 is 0 Å². The van der Waals surface area contributed by atoms with Gasteiger partial charge in [0.2, 0.25) is 0 Å². The van der Waals surface area contributed by atoms with Crippen molar-refractivity contribution in [3.8, 4) is 11.5 Å². The molecule has 0 spiro atoms. The van der Waals surface area contributed by atoms with Crippen molar-refractivity contribution < 1.29 is 14.3 Å². The Morgan fingerprint density at radius 3 is 2.05 bits per heavy atom. The van der Waals surface area contributed by atoms with Gasteiger partial charge in [-0.15, -0.1) is 0 Å². The zero-order valence-corrected chi connectivity index (χ0v) is 12.7. The summed E-state index contributed by atoms with van der Waals surface area (Å²) in [4.78, 5) is 14.6. The number of benzene rings is 2. The van der Waals surface area contributed by atoms with Crippen molar-refractivity contribution in [2.24, 2.45) is 0 Å². The molecule has 0 aliphatic rings. The van der Waals surface area contributed by atoms with Gasteiger partial charge in [0, 0.05) is 37.0 Å². The highest BCUT2D eigenvalue weighted by Gasteiger charge is 2.13. The predicted molar refractivity (Wildman–Crippen MR) is 83.7 cm³/mol. The van der Waals surface area contributed by atoms with Crippen molar-refractivity contribution in [3.05, 3.63) is 53.6 Å². The largest absolute Gasteiger partial charge is 0.497 e. The van der Waals surface area contributed by atoms with E-state index in [4.69, 9.17) is 9.47 Å². The molecule has 0 aromatic heterocycles. The smallest absolute Gasteiger partial charge is 0.193 e. The molecular weight excluding hydrogens is 266 g/mol. The summed E-state index contributed by atoms with van der Waals surface area (Å²) in [5, 5.41) is 0. The van der Waals surface area contributed by atoms with Crippen LogP contribution in [-0.4, -0.2) is 34.1 Å². The van der Waals surface area contributed by atoms with E-state index in [-0.39, 0.29) is 5.78 Å². The fourth-order valence-corrected chi connectivity index (χ4v) is 2.03. The molecule has 4 heteroatoms. The molecule has 0 bridgehead atoms. The summed E-state index contributed by atoms with van der Waals surface area (Å²) in [5.41, 5.74) is 2.16. The highest BCUT2D eigenvalue weighted by molar-refractivity contribution is 6.09. The van der Waals surface area contributed by atoms with Crippen LogP contribution in [0.4, 0.5) is 5.69 Å². The monoisotopic (exact) mass is 285 g/mol. The van der Waals surface area contributed by atoms with Gasteiger partial charge >= 0.3 is 0 Å². The van der Waals surface area contributed by atoms with Crippen LogP contribution in [-0.2, 0) is 0 Å². The predicted octanol–water partition coefficient (Wildman–Crippen LogP) is 3.00. The van der Waals surface area contributed by atoms with Crippen molar-refractivity contribution in [2.75, 3.05) is 33.2 Å². The Morgan fingerprint density at radius 2 is 1.52 bits per heavy atom. The van der Waals surface area contributed by atoms with Crippen LogP contribution in [0.1, 0.15) is 15.9 Å². The van der Waals surface area contributed by atoms with Crippen molar-refractivity contribution >= 4 is 11.5 Å². The lowest BCUT2D eigenvalue weighted by Gasteiger charge is -2.13. The maximum absolute atomic E-state index is 12.6. The molecule has 0 heterocycles. The van der Waals surface area contributed by atoms with Crippen LogP contribution in [0.25, 0.3) is 0 Å². The average Bonchev–Trinajstić information content (AvgIpc) is 2.53. The number of anilines is 1. The minimum atomic E-state index is -0.0594. The summed E-state index contributed by atoms with van der Waals surface area (Å²) in [6.07, 6.45) is 0. The molecule has 2 rings (SSSR count). The highest BCUT2D eigenvalue weighted by Crippen LogP contribution is 2.25. The quantitative estimate of drug-likeness (QED) is 0.792. The normalized spacial score (nSPS) is 10.1. The van der Waals surface area contributed by atoms with Crippen molar-refractivity contribution in [1.29, 1.82) is 0 Å². The number of carbonyl (C=O) groups excluding carboxylic acids is 1. The Kier molecular flexibility index (Phi) is 4.48. The van der Waals surface area contributed by atoms with Gasteiger partial charge in [-0.05, 0) is 24.3 Å². The second-order valence-corrected chi connectivity index (χ2v) is 4.88. The van der Waals surface area contributed by atoms with E-state index in [2.05, 4.69) is 0 Å². The number of methoxy groups -OCH3 is 2. The Labute approximate surface area is 124 Å². The lowest BCUT2D eigenvalue weighted by atomic mass is 10.0. The van der Waals surface area contributed by atoms with E-state index in [9.17, 15) is 4.79 Å². The van der Waals surface area contributed by atoms with E-state index < -0.39 is 0 Å². The number of ether oxygens (including phenoxy) is 2. The van der Waals surface area contributed by atoms with Gasteiger partial charge in [-0.3, -0.25) is 4.79 Å². The Hall–Kier alpha value is -2.49. The van der Waals surface area contributed by atoms with E-state index in [1.165, 1.54) is 0 Å². The molecule has 0 atom stereocenters. The molecular formula is C17H19NO3. The van der Waals surface area contributed by atoms with Crippen molar-refractivity contribution in [2.45, 2.75) is 0 Å². The summed E-state index contributed by atoms with van der Waals surface area (Å²) in [6.45, 7) is 0. The van der Waals surface area contributed by atoms with Crippen LogP contribution in [0.5, 0.6) is 11.5 Å². The molecule has 0 aliphatic carbocycles. The van der Waals surface area contributed by atoms with Gasteiger partial charge < -0.3 is 14.4 Å². The summed E-state index contributed by atoms with van der Waals surface area (Å²) in [5.74, 6) is 1.14. The van der Waals surface area contributed by atoms with E-state index in [1.807, 2.05) is 37.2 Å². The molecule has 0 aliphatic heterocycles. The maximum atomic E-state index is 12.6. The first-order chi connectivity index (χ1) is 10.0. The number of rotatable bonds is 5. The molecule has 21 heavy (non-hydrogen) atoms. The molecule has 0 unspecified atom stereocenters. The van der Waals surface area contributed by atoms with Gasteiger partial charge in [0.15, 0.2) is 5.78 Å². The number of hydrogen-bond acceptors (Lipinski definition) is 4. The lowest BCUT2D eigenvalue weighted by Crippen LogP contribution is -2.10. The van der Waals surface area contributed by atoms with Crippen molar-refractivity contribution in [1.82, 2.24) is 0 Å². The molecule has 2 aromatic carbocycles. The van der Waals surface area contributed by atoms with Crippen LogP contribution < -0.4 is 14.4 Å². The van der Waals surface area contributed by atoms with Crippen LogP contribution in [0.2, 0.25) is 0 Å². The van der Waals surface area contributed by atoms with Gasteiger partial charge in [0.05, 0.1) is 14.2 Å². The third kappa shape index (κ3) is 3.34. The molecule has 4 nitrogen and oxygen atoms in total. The number of hydrogen-bond donors (Lipinski definition) is 0. The maximum Gasteiger partial charge on any atom is 0.193 e. The molecule has 0 radical (unpaired) electrons. The zero-order chi connectivity index (χ0) is 15.4. The molecule has 0 amide bonds. The third-order valence-corrected chi connectivity index (χ3v) is 3.24. The zero-order valence-electron chi connectivity index (χ0n) is 12.7. The fourth-order valence-electron chi connectivity index (χ4n) is 2.03. The van der Waals surface area contributed by atoms with Crippen LogP contribution in [0, 0.1) is 0 Å². The minimum absolute atomic E-state index is 0.0594. The summed E-state index contributed by atoms with van der Waals surface area (Å²) in [6, 6.07) is 12.7.